The quantitative estimate of drug-likeness (QED) is 0.262. The molecular weight excluding hydrogens is 304 g/mol. The van der Waals surface area contributed by atoms with Crippen LogP contribution in [-0.4, -0.2) is 33.6 Å². The summed E-state index contributed by atoms with van der Waals surface area (Å²) < 4.78 is 0. The number of hydrazone groups is 1. The first-order valence-corrected chi connectivity index (χ1v) is 6.59. The zero-order valence-corrected chi connectivity index (χ0v) is 12.7. The molecule has 0 atom stereocenters. The lowest BCUT2D eigenvalue weighted by Gasteiger charge is -2.15. The van der Waals surface area contributed by atoms with E-state index in [1.807, 2.05) is 13.8 Å². The number of pyridine rings is 1. The second-order valence-electron chi connectivity index (χ2n) is 4.72. The molecule has 1 aliphatic rings. The lowest BCUT2D eigenvalue weighted by molar-refractivity contribution is -0.121. The van der Waals surface area contributed by atoms with E-state index in [4.69, 9.17) is 16.8 Å². The summed E-state index contributed by atoms with van der Waals surface area (Å²) in [6.45, 7) is 3.69. The summed E-state index contributed by atoms with van der Waals surface area (Å²) in [6.07, 6.45) is 0.111. The third-order valence-electron chi connectivity index (χ3n) is 2.77. The van der Waals surface area contributed by atoms with Crippen molar-refractivity contribution >= 4 is 35.1 Å². The molecule has 10 heteroatoms. The fourth-order valence-corrected chi connectivity index (χ4v) is 1.68. The number of hydrazine groups is 1. The molecule has 1 fully saturated rings. The molecule has 6 N–H and O–H groups in total. The van der Waals surface area contributed by atoms with Crippen molar-refractivity contribution < 1.29 is 19.5 Å². The van der Waals surface area contributed by atoms with Crippen LogP contribution in [0.2, 0.25) is 0 Å². The van der Waals surface area contributed by atoms with Gasteiger partial charge in [-0.25, -0.2) is 20.5 Å². The molecule has 0 radical (unpaired) electrons. The van der Waals surface area contributed by atoms with Gasteiger partial charge in [0.1, 0.15) is 11.4 Å². The molecule has 23 heavy (non-hydrogen) atoms. The molecule has 0 aliphatic carbocycles. The van der Waals surface area contributed by atoms with E-state index in [9.17, 15) is 14.4 Å². The van der Waals surface area contributed by atoms with E-state index in [2.05, 4.69) is 15.5 Å². The van der Waals surface area contributed by atoms with E-state index in [1.54, 1.807) is 0 Å². The number of rotatable bonds is 3. The van der Waals surface area contributed by atoms with Crippen LogP contribution in [0.4, 0.5) is 11.6 Å². The minimum Gasteiger partial charge on any atom is -0.478 e. The van der Waals surface area contributed by atoms with Gasteiger partial charge in [0.15, 0.2) is 5.82 Å². The van der Waals surface area contributed by atoms with Crippen LogP contribution in [0.15, 0.2) is 17.2 Å². The Hall–Kier alpha value is -3.01. The Morgan fingerprint density at radius 2 is 1.83 bits per heavy atom. The first-order chi connectivity index (χ1) is 10.8. The van der Waals surface area contributed by atoms with Crippen molar-refractivity contribution in [2.45, 2.75) is 26.7 Å². The van der Waals surface area contributed by atoms with E-state index < -0.39 is 17.8 Å². The number of imide groups is 1. The maximum absolute atomic E-state index is 11.6. The van der Waals surface area contributed by atoms with Crippen molar-refractivity contribution in [1.29, 1.82) is 0 Å². The Bertz CT molecular complexity index is 638. The van der Waals surface area contributed by atoms with Crippen molar-refractivity contribution in [3.05, 3.63) is 17.7 Å². The summed E-state index contributed by atoms with van der Waals surface area (Å²) in [6, 6.07) is 2.58. The normalized spacial score (nSPS) is 13.3. The molecule has 2 heterocycles. The first kappa shape index (κ1) is 18.0. The maximum atomic E-state index is 11.6. The number of aromatic carboxylic acids is 1. The SMILES string of the molecule is CC(C)=NN.NNc1ccc(C(=O)O)c(N2C(=O)CCC2=O)n1. The number of nitrogen functional groups attached to an aromatic ring is 1. The highest BCUT2D eigenvalue weighted by atomic mass is 16.4. The summed E-state index contributed by atoms with van der Waals surface area (Å²) >= 11 is 0. The van der Waals surface area contributed by atoms with Crippen molar-refractivity contribution in [3.63, 3.8) is 0 Å². The predicted octanol–water partition coefficient (Wildman–Crippen LogP) is 0.0597. The number of amides is 2. The molecule has 0 unspecified atom stereocenters. The molecular formula is C13H18N6O4. The molecule has 0 spiro atoms. The van der Waals surface area contributed by atoms with Gasteiger partial charge in [0, 0.05) is 18.6 Å². The number of carbonyl (C=O) groups is 3. The average Bonchev–Trinajstić information content (AvgIpc) is 2.85. The fourth-order valence-electron chi connectivity index (χ4n) is 1.68. The lowest BCUT2D eigenvalue weighted by Crippen LogP contribution is -2.31. The third kappa shape index (κ3) is 4.48. The van der Waals surface area contributed by atoms with Crippen LogP contribution in [-0.2, 0) is 9.59 Å². The van der Waals surface area contributed by atoms with Crippen LogP contribution in [0.1, 0.15) is 37.0 Å². The van der Waals surface area contributed by atoms with Crippen molar-refractivity contribution in [2.75, 3.05) is 10.3 Å². The van der Waals surface area contributed by atoms with Gasteiger partial charge in [-0.05, 0) is 26.0 Å². The summed E-state index contributed by atoms with van der Waals surface area (Å²) in [5, 5.41) is 12.3. The van der Waals surface area contributed by atoms with Crippen LogP contribution in [0.25, 0.3) is 0 Å². The third-order valence-corrected chi connectivity index (χ3v) is 2.77. The zero-order valence-electron chi connectivity index (χ0n) is 12.7. The number of nitrogens with two attached hydrogens (primary N) is 2. The largest absolute Gasteiger partial charge is 0.478 e. The van der Waals surface area contributed by atoms with Crippen molar-refractivity contribution in [2.24, 2.45) is 16.8 Å². The van der Waals surface area contributed by atoms with E-state index >= 15 is 0 Å². The molecule has 0 bridgehead atoms. The van der Waals surface area contributed by atoms with E-state index in [0.717, 1.165) is 10.6 Å². The highest BCUT2D eigenvalue weighted by Crippen LogP contribution is 2.25. The summed E-state index contributed by atoms with van der Waals surface area (Å²) in [5.74, 6) is 7.68. The van der Waals surface area contributed by atoms with Gasteiger partial charge in [-0.3, -0.25) is 9.59 Å². The van der Waals surface area contributed by atoms with Gasteiger partial charge in [-0.15, -0.1) is 0 Å². The average molecular weight is 322 g/mol. The minimum atomic E-state index is -1.27. The molecule has 1 aliphatic heterocycles. The minimum absolute atomic E-state index is 0.0554. The van der Waals surface area contributed by atoms with E-state index in [1.165, 1.54) is 12.1 Å². The van der Waals surface area contributed by atoms with Crippen LogP contribution in [0.5, 0.6) is 0 Å². The highest BCUT2D eigenvalue weighted by molar-refractivity contribution is 6.21. The van der Waals surface area contributed by atoms with Crippen molar-refractivity contribution in [1.82, 2.24) is 4.98 Å². The van der Waals surface area contributed by atoms with Gasteiger partial charge in [0.25, 0.3) is 0 Å². The second-order valence-corrected chi connectivity index (χ2v) is 4.72. The Balaban J connectivity index is 0.000000463. The van der Waals surface area contributed by atoms with Gasteiger partial charge < -0.3 is 16.4 Å². The Morgan fingerprint density at radius 3 is 2.22 bits per heavy atom. The Kier molecular flexibility index (Phi) is 6.15. The van der Waals surface area contributed by atoms with Gasteiger partial charge in [-0.2, -0.15) is 5.10 Å². The number of carboxylic acids is 1. The smallest absolute Gasteiger partial charge is 0.339 e. The number of carbonyl (C=O) groups excluding carboxylic acids is 2. The number of carboxylic acid groups (broad SMARTS) is 1. The number of aromatic nitrogens is 1. The van der Waals surface area contributed by atoms with Gasteiger partial charge >= 0.3 is 5.97 Å². The van der Waals surface area contributed by atoms with Gasteiger partial charge in [0.2, 0.25) is 11.8 Å². The van der Waals surface area contributed by atoms with Gasteiger partial charge in [-0.1, -0.05) is 0 Å². The summed E-state index contributed by atoms with van der Waals surface area (Å²) in [7, 11) is 0. The standard InChI is InChI=1S/C10H10N4O4.C3H8N2/c11-13-6-2-1-5(10(17)18)9(12-6)14-7(15)3-4-8(14)16;1-3(2)5-4/h1-2H,3-4,11H2,(H,12,13)(H,17,18);4H2,1-2H3. The molecule has 0 saturated carbocycles. The highest BCUT2D eigenvalue weighted by Gasteiger charge is 2.34. The number of hydrogen-bond donors (Lipinski definition) is 4. The number of anilines is 2. The van der Waals surface area contributed by atoms with Crippen LogP contribution >= 0.6 is 0 Å². The molecule has 2 rings (SSSR count). The first-order valence-electron chi connectivity index (χ1n) is 6.59. The molecule has 0 aromatic carbocycles. The molecule has 1 aromatic heterocycles. The number of hydrogen-bond acceptors (Lipinski definition) is 8. The van der Waals surface area contributed by atoms with Crippen LogP contribution in [0.3, 0.4) is 0 Å². The van der Waals surface area contributed by atoms with Gasteiger partial charge in [0.05, 0.1) is 0 Å². The van der Waals surface area contributed by atoms with Crippen LogP contribution < -0.4 is 22.0 Å². The number of nitrogens with zero attached hydrogens (tertiary/aromatic N) is 3. The zero-order chi connectivity index (χ0) is 17.6. The lowest BCUT2D eigenvalue weighted by atomic mass is 10.2. The number of nitrogens with one attached hydrogen (secondary N) is 1. The Labute approximate surface area is 132 Å². The fraction of sp³-hybridized carbons (Fsp3) is 0.308. The molecule has 1 aromatic rings. The maximum Gasteiger partial charge on any atom is 0.339 e. The summed E-state index contributed by atoms with van der Waals surface area (Å²) in [5.41, 5.74) is 2.92. The Morgan fingerprint density at radius 1 is 1.30 bits per heavy atom. The molecule has 124 valence electrons. The topological polar surface area (TPSA) is 164 Å². The van der Waals surface area contributed by atoms with E-state index in [-0.39, 0.29) is 30.0 Å². The van der Waals surface area contributed by atoms with Crippen LogP contribution in [0, 0.1) is 0 Å². The predicted molar refractivity (Wildman–Crippen MR) is 83.7 cm³/mol. The molecule has 2 amide bonds. The second kappa shape index (κ2) is 7.84. The molecule has 10 nitrogen and oxygen atoms in total. The summed E-state index contributed by atoms with van der Waals surface area (Å²) in [4.78, 5) is 38.9. The molecule has 1 saturated heterocycles. The van der Waals surface area contributed by atoms with E-state index in [0.29, 0.717) is 0 Å². The van der Waals surface area contributed by atoms with Crippen molar-refractivity contribution in [3.8, 4) is 0 Å². The monoisotopic (exact) mass is 322 g/mol.